The highest BCUT2D eigenvalue weighted by molar-refractivity contribution is 6.05. The Morgan fingerprint density at radius 3 is 2.65 bits per heavy atom. The smallest absolute Gasteiger partial charge is 0.276 e. The van der Waals surface area contributed by atoms with Crippen LogP contribution in [0.2, 0.25) is 0 Å². The molecule has 104 valence electrons. The van der Waals surface area contributed by atoms with Gasteiger partial charge in [-0.1, -0.05) is 24.3 Å². The number of amides is 1. The van der Waals surface area contributed by atoms with Crippen LogP contribution in [0.5, 0.6) is 0 Å². The van der Waals surface area contributed by atoms with Crippen molar-refractivity contribution < 1.29 is 4.79 Å². The first-order chi connectivity index (χ1) is 9.67. The summed E-state index contributed by atoms with van der Waals surface area (Å²) in [6, 6.07) is 12.9. The third kappa shape index (κ3) is 2.78. The Balaban J connectivity index is 2.36. The van der Waals surface area contributed by atoms with E-state index in [2.05, 4.69) is 10.4 Å². The van der Waals surface area contributed by atoms with Crippen molar-refractivity contribution in [1.29, 1.82) is 0 Å². The lowest BCUT2D eigenvalue weighted by molar-refractivity contribution is 0.0983. The number of aryl methyl sites for hydroxylation is 1. The fraction of sp³-hybridized carbons (Fsp3) is 0.200. The number of nitrogen functional groups attached to an aromatic ring is 1. The Kier molecular flexibility index (Phi) is 4.32. The molecule has 0 saturated carbocycles. The molecule has 1 aromatic heterocycles. The van der Waals surface area contributed by atoms with Crippen LogP contribution in [-0.2, 0) is 0 Å². The van der Waals surface area contributed by atoms with E-state index in [0.717, 1.165) is 11.3 Å². The van der Waals surface area contributed by atoms with Crippen LogP contribution < -0.4 is 16.2 Å². The lowest BCUT2D eigenvalue weighted by atomic mass is 10.1. The second-order valence-corrected chi connectivity index (χ2v) is 4.39. The van der Waals surface area contributed by atoms with Gasteiger partial charge in [0, 0.05) is 12.2 Å². The molecule has 1 aromatic carbocycles. The van der Waals surface area contributed by atoms with Crippen molar-refractivity contribution in [2.45, 2.75) is 13.8 Å². The normalized spacial score (nSPS) is 10.2. The van der Waals surface area contributed by atoms with Crippen LogP contribution in [0.15, 0.2) is 42.5 Å². The van der Waals surface area contributed by atoms with Gasteiger partial charge < -0.3 is 10.3 Å². The molecule has 2 rings (SSSR count). The number of hydrogen-bond acceptors (Lipinski definition) is 4. The van der Waals surface area contributed by atoms with E-state index in [0.29, 0.717) is 18.1 Å². The van der Waals surface area contributed by atoms with Gasteiger partial charge in [0.05, 0.1) is 0 Å². The number of hydrogen-bond donors (Lipinski definition) is 2. The number of para-hydroxylation sites is 1. The maximum Gasteiger partial charge on any atom is 0.276 e. The van der Waals surface area contributed by atoms with Crippen molar-refractivity contribution in [2.75, 3.05) is 16.9 Å². The summed E-state index contributed by atoms with van der Waals surface area (Å²) in [5.74, 6) is 5.65. The number of carbonyl (C=O) groups is 1. The van der Waals surface area contributed by atoms with Gasteiger partial charge in [-0.15, -0.1) is 0 Å². The number of nitrogens with zero attached hydrogens (tertiary/aromatic N) is 2. The van der Waals surface area contributed by atoms with Gasteiger partial charge in [0.15, 0.2) is 0 Å². The molecule has 1 amide bonds. The predicted molar refractivity (Wildman–Crippen MR) is 80.6 cm³/mol. The zero-order valence-electron chi connectivity index (χ0n) is 11.6. The fourth-order valence-electron chi connectivity index (χ4n) is 2.06. The van der Waals surface area contributed by atoms with Crippen molar-refractivity contribution in [3.8, 4) is 0 Å². The molecular weight excluding hydrogens is 252 g/mol. The topological polar surface area (TPSA) is 71.2 Å². The zero-order valence-corrected chi connectivity index (χ0v) is 11.6. The van der Waals surface area contributed by atoms with Crippen molar-refractivity contribution >= 4 is 17.4 Å². The van der Waals surface area contributed by atoms with Gasteiger partial charge in [0.1, 0.15) is 11.5 Å². The van der Waals surface area contributed by atoms with Gasteiger partial charge in [0.2, 0.25) is 0 Å². The second kappa shape index (κ2) is 6.16. The van der Waals surface area contributed by atoms with Crippen molar-refractivity contribution in [1.82, 2.24) is 4.98 Å². The second-order valence-electron chi connectivity index (χ2n) is 4.39. The SMILES string of the molecule is CCN(C(=O)c1cccc(NN)n1)c1ccccc1C. The van der Waals surface area contributed by atoms with E-state index >= 15 is 0 Å². The molecule has 20 heavy (non-hydrogen) atoms. The highest BCUT2D eigenvalue weighted by Gasteiger charge is 2.18. The number of benzene rings is 1. The first-order valence-electron chi connectivity index (χ1n) is 6.48. The lowest BCUT2D eigenvalue weighted by Gasteiger charge is -2.22. The van der Waals surface area contributed by atoms with E-state index in [1.54, 1.807) is 23.1 Å². The number of anilines is 2. The van der Waals surface area contributed by atoms with Crippen LogP contribution in [0.4, 0.5) is 11.5 Å². The number of carbonyl (C=O) groups excluding carboxylic acids is 1. The van der Waals surface area contributed by atoms with Crippen LogP contribution >= 0.6 is 0 Å². The molecule has 1 heterocycles. The number of rotatable bonds is 4. The van der Waals surface area contributed by atoms with Crippen LogP contribution in [0.1, 0.15) is 23.0 Å². The third-order valence-corrected chi connectivity index (χ3v) is 3.08. The largest absolute Gasteiger partial charge is 0.308 e. The highest BCUT2D eigenvalue weighted by Crippen LogP contribution is 2.21. The summed E-state index contributed by atoms with van der Waals surface area (Å²) in [7, 11) is 0. The molecule has 5 nitrogen and oxygen atoms in total. The van der Waals surface area contributed by atoms with Gasteiger partial charge >= 0.3 is 0 Å². The number of hydrazine groups is 1. The molecule has 0 aliphatic rings. The molecule has 3 N–H and O–H groups in total. The van der Waals surface area contributed by atoms with Gasteiger partial charge in [-0.2, -0.15) is 0 Å². The van der Waals surface area contributed by atoms with Gasteiger partial charge in [-0.05, 0) is 37.6 Å². The summed E-state index contributed by atoms with van der Waals surface area (Å²) in [6.07, 6.45) is 0. The number of pyridine rings is 1. The molecule has 0 spiro atoms. The molecule has 0 radical (unpaired) electrons. The highest BCUT2D eigenvalue weighted by atomic mass is 16.2. The van der Waals surface area contributed by atoms with E-state index in [9.17, 15) is 4.79 Å². The first-order valence-corrected chi connectivity index (χ1v) is 6.48. The number of nitrogens with two attached hydrogens (primary N) is 1. The summed E-state index contributed by atoms with van der Waals surface area (Å²) >= 11 is 0. The van der Waals surface area contributed by atoms with Gasteiger partial charge in [-0.25, -0.2) is 10.8 Å². The minimum atomic E-state index is -0.140. The Bertz CT molecular complexity index is 612. The van der Waals surface area contributed by atoms with E-state index in [1.807, 2.05) is 38.1 Å². The first kappa shape index (κ1) is 14.0. The Morgan fingerprint density at radius 2 is 2.00 bits per heavy atom. The Hall–Kier alpha value is -2.40. The van der Waals surface area contributed by atoms with E-state index < -0.39 is 0 Å². The van der Waals surface area contributed by atoms with Crippen LogP contribution in [0.25, 0.3) is 0 Å². The Morgan fingerprint density at radius 1 is 1.25 bits per heavy atom. The molecule has 0 saturated heterocycles. The molecule has 0 atom stereocenters. The van der Waals surface area contributed by atoms with Crippen molar-refractivity contribution in [2.24, 2.45) is 5.84 Å². The van der Waals surface area contributed by atoms with E-state index in [4.69, 9.17) is 5.84 Å². The number of nitrogens with one attached hydrogen (secondary N) is 1. The molecular formula is C15H18N4O. The molecule has 0 bridgehead atoms. The molecule has 5 heteroatoms. The van der Waals surface area contributed by atoms with Crippen LogP contribution in [0, 0.1) is 6.92 Å². The summed E-state index contributed by atoms with van der Waals surface area (Å²) < 4.78 is 0. The molecule has 0 aliphatic carbocycles. The standard InChI is InChI=1S/C15H18N4O/c1-3-19(13-9-5-4-7-11(13)2)15(20)12-8-6-10-14(17-12)18-16/h4-10H,3,16H2,1-2H3,(H,17,18). The van der Waals surface area contributed by atoms with E-state index in [-0.39, 0.29) is 5.91 Å². The summed E-state index contributed by atoms with van der Waals surface area (Å²) in [5, 5.41) is 0. The molecule has 0 fully saturated rings. The molecule has 0 aliphatic heterocycles. The summed E-state index contributed by atoms with van der Waals surface area (Å²) in [5.41, 5.74) is 4.76. The van der Waals surface area contributed by atoms with E-state index in [1.165, 1.54) is 0 Å². The maximum atomic E-state index is 12.6. The average molecular weight is 270 g/mol. The maximum absolute atomic E-state index is 12.6. The summed E-state index contributed by atoms with van der Waals surface area (Å²) in [4.78, 5) is 18.5. The van der Waals surface area contributed by atoms with Crippen LogP contribution in [0.3, 0.4) is 0 Å². The quantitative estimate of drug-likeness (QED) is 0.661. The number of aromatic nitrogens is 1. The van der Waals surface area contributed by atoms with Gasteiger partial charge in [0.25, 0.3) is 5.91 Å². The predicted octanol–water partition coefficient (Wildman–Crippen LogP) is 2.34. The van der Waals surface area contributed by atoms with Crippen molar-refractivity contribution in [3.05, 3.63) is 53.7 Å². The summed E-state index contributed by atoms with van der Waals surface area (Å²) in [6.45, 7) is 4.50. The lowest BCUT2D eigenvalue weighted by Crippen LogP contribution is -2.32. The minimum absolute atomic E-state index is 0.140. The van der Waals surface area contributed by atoms with Gasteiger partial charge in [-0.3, -0.25) is 4.79 Å². The minimum Gasteiger partial charge on any atom is -0.308 e. The average Bonchev–Trinajstić information content (AvgIpc) is 2.49. The fourth-order valence-corrected chi connectivity index (χ4v) is 2.06. The third-order valence-electron chi connectivity index (χ3n) is 3.08. The monoisotopic (exact) mass is 270 g/mol. The zero-order chi connectivity index (χ0) is 14.5. The van der Waals surface area contributed by atoms with Crippen LogP contribution in [-0.4, -0.2) is 17.4 Å². The van der Waals surface area contributed by atoms with Crippen molar-refractivity contribution in [3.63, 3.8) is 0 Å². The Labute approximate surface area is 118 Å². The molecule has 2 aromatic rings. The molecule has 0 unspecified atom stereocenters.